The zero-order valence-corrected chi connectivity index (χ0v) is 12.9. The lowest BCUT2D eigenvalue weighted by Gasteiger charge is -2.32. The van der Waals surface area contributed by atoms with Gasteiger partial charge in [0, 0.05) is 25.7 Å². The van der Waals surface area contributed by atoms with E-state index >= 15 is 0 Å². The Kier molecular flexibility index (Phi) is 7.26. The molecule has 0 aromatic rings. The van der Waals surface area contributed by atoms with Crippen molar-refractivity contribution < 1.29 is 19.4 Å². The molecule has 0 spiro atoms. The highest BCUT2D eigenvalue weighted by Crippen LogP contribution is 2.12. The minimum absolute atomic E-state index is 0.0713. The Balaban J connectivity index is 2.14. The van der Waals surface area contributed by atoms with Gasteiger partial charge in [0.1, 0.15) is 5.60 Å². The van der Waals surface area contributed by atoms with Crippen LogP contribution in [0.1, 0.15) is 33.6 Å². The van der Waals surface area contributed by atoms with Crippen LogP contribution in [0.15, 0.2) is 0 Å². The number of likely N-dealkylation sites (tertiary alicyclic amines) is 1. The second-order valence-electron chi connectivity index (χ2n) is 6.10. The number of nitrogens with one attached hydrogen (secondary N) is 1. The van der Waals surface area contributed by atoms with E-state index in [-0.39, 0.29) is 18.7 Å². The van der Waals surface area contributed by atoms with Crippen LogP contribution in [-0.4, -0.2) is 67.2 Å². The van der Waals surface area contributed by atoms with Gasteiger partial charge in [-0.25, -0.2) is 4.79 Å². The Labute approximate surface area is 121 Å². The Hall–Kier alpha value is -0.850. The van der Waals surface area contributed by atoms with E-state index in [1.807, 2.05) is 20.8 Å². The summed E-state index contributed by atoms with van der Waals surface area (Å²) in [6, 6.07) is 0.194. The number of nitrogens with zero attached hydrogens (tertiary/aromatic N) is 1. The van der Waals surface area contributed by atoms with Crippen LogP contribution < -0.4 is 5.32 Å². The fourth-order valence-electron chi connectivity index (χ4n) is 2.14. The molecule has 1 heterocycles. The predicted molar refractivity (Wildman–Crippen MR) is 76.7 cm³/mol. The third-order valence-electron chi connectivity index (χ3n) is 3.10. The smallest absolute Gasteiger partial charge is 0.407 e. The van der Waals surface area contributed by atoms with Crippen molar-refractivity contribution in [3.63, 3.8) is 0 Å². The van der Waals surface area contributed by atoms with E-state index in [2.05, 4.69) is 10.2 Å². The third-order valence-corrected chi connectivity index (χ3v) is 3.10. The lowest BCUT2D eigenvalue weighted by Crippen LogP contribution is -2.46. The van der Waals surface area contributed by atoms with E-state index in [1.54, 1.807) is 0 Å². The Morgan fingerprint density at radius 2 is 1.95 bits per heavy atom. The van der Waals surface area contributed by atoms with Gasteiger partial charge < -0.3 is 24.8 Å². The molecular formula is C14H28N2O4. The first kappa shape index (κ1) is 17.2. The van der Waals surface area contributed by atoms with Crippen LogP contribution in [0.3, 0.4) is 0 Å². The normalized spacial score (nSPS) is 18.0. The van der Waals surface area contributed by atoms with E-state index in [0.29, 0.717) is 13.2 Å². The molecule has 20 heavy (non-hydrogen) atoms. The zero-order chi connectivity index (χ0) is 15.0. The molecule has 0 aromatic carbocycles. The van der Waals surface area contributed by atoms with Crippen LogP contribution in [0, 0.1) is 0 Å². The van der Waals surface area contributed by atoms with Gasteiger partial charge >= 0.3 is 6.09 Å². The summed E-state index contributed by atoms with van der Waals surface area (Å²) in [5, 5.41) is 11.5. The van der Waals surface area contributed by atoms with Gasteiger partial charge in [-0.15, -0.1) is 0 Å². The quantitative estimate of drug-likeness (QED) is 0.713. The molecule has 6 heteroatoms. The van der Waals surface area contributed by atoms with Crippen LogP contribution in [0.2, 0.25) is 0 Å². The second-order valence-corrected chi connectivity index (χ2v) is 6.10. The highest BCUT2D eigenvalue weighted by Gasteiger charge is 2.23. The summed E-state index contributed by atoms with van der Waals surface area (Å²) in [6.07, 6.45) is 1.53. The average molecular weight is 288 g/mol. The van der Waals surface area contributed by atoms with E-state index in [9.17, 15) is 4.79 Å². The number of ether oxygens (including phenoxy) is 2. The van der Waals surface area contributed by atoms with Gasteiger partial charge in [0.25, 0.3) is 0 Å². The molecule has 2 N–H and O–H groups in total. The molecule has 1 aliphatic rings. The zero-order valence-electron chi connectivity index (χ0n) is 12.9. The van der Waals surface area contributed by atoms with Gasteiger partial charge in [-0.05, 0) is 33.6 Å². The molecular weight excluding hydrogens is 260 g/mol. The average Bonchev–Trinajstić information content (AvgIpc) is 2.34. The minimum atomic E-state index is -0.450. The molecule has 6 nitrogen and oxygen atoms in total. The Morgan fingerprint density at radius 1 is 1.30 bits per heavy atom. The summed E-state index contributed by atoms with van der Waals surface area (Å²) < 4.78 is 10.5. The molecule has 118 valence electrons. The topological polar surface area (TPSA) is 71.0 Å². The van der Waals surface area contributed by atoms with E-state index in [1.165, 1.54) is 0 Å². The maximum absolute atomic E-state index is 11.7. The molecule has 0 radical (unpaired) electrons. The number of alkyl carbamates (subject to hydrolysis) is 1. The number of aliphatic hydroxyl groups excluding tert-OH is 1. The number of piperidine rings is 1. The summed E-state index contributed by atoms with van der Waals surface area (Å²) >= 11 is 0. The molecule has 0 unspecified atom stereocenters. The van der Waals surface area contributed by atoms with Crippen LogP contribution in [0.4, 0.5) is 4.79 Å². The summed E-state index contributed by atoms with van der Waals surface area (Å²) in [7, 11) is 0. The number of hydrogen-bond donors (Lipinski definition) is 2. The van der Waals surface area contributed by atoms with Crippen molar-refractivity contribution in [2.75, 3.05) is 39.5 Å². The summed E-state index contributed by atoms with van der Waals surface area (Å²) in [6.45, 7) is 9.47. The van der Waals surface area contributed by atoms with E-state index in [4.69, 9.17) is 14.6 Å². The van der Waals surface area contributed by atoms with Crippen molar-refractivity contribution in [2.24, 2.45) is 0 Å². The second kappa shape index (κ2) is 8.44. The molecule has 1 fully saturated rings. The lowest BCUT2D eigenvalue weighted by atomic mass is 10.1. The molecule has 1 rings (SSSR count). The molecule has 1 saturated heterocycles. The number of carbonyl (C=O) groups excluding carboxylic acids is 1. The number of aliphatic hydroxyl groups is 1. The SMILES string of the molecule is CC(C)(C)OC(=O)NC1CCN(CCOCCO)CC1. The van der Waals surface area contributed by atoms with E-state index < -0.39 is 5.60 Å². The maximum atomic E-state index is 11.7. The molecule has 0 aromatic heterocycles. The van der Waals surface area contributed by atoms with Crippen molar-refractivity contribution >= 4 is 6.09 Å². The summed E-state index contributed by atoms with van der Waals surface area (Å²) in [5.41, 5.74) is -0.450. The highest BCUT2D eigenvalue weighted by molar-refractivity contribution is 5.68. The summed E-state index contributed by atoms with van der Waals surface area (Å²) in [4.78, 5) is 14.0. The molecule has 0 saturated carbocycles. The maximum Gasteiger partial charge on any atom is 0.407 e. The largest absolute Gasteiger partial charge is 0.444 e. The highest BCUT2D eigenvalue weighted by atomic mass is 16.6. The van der Waals surface area contributed by atoms with Crippen molar-refractivity contribution in [3.05, 3.63) is 0 Å². The number of hydrogen-bond acceptors (Lipinski definition) is 5. The van der Waals surface area contributed by atoms with Gasteiger partial charge in [0.05, 0.1) is 19.8 Å². The first-order valence-corrected chi connectivity index (χ1v) is 7.31. The number of rotatable bonds is 6. The summed E-state index contributed by atoms with van der Waals surface area (Å²) in [5.74, 6) is 0. The monoisotopic (exact) mass is 288 g/mol. The predicted octanol–water partition coefficient (Wildman–Crippen LogP) is 0.984. The Morgan fingerprint density at radius 3 is 2.50 bits per heavy atom. The fraction of sp³-hybridized carbons (Fsp3) is 0.929. The van der Waals surface area contributed by atoms with Crippen LogP contribution in [0.25, 0.3) is 0 Å². The van der Waals surface area contributed by atoms with Gasteiger partial charge in [-0.1, -0.05) is 0 Å². The van der Waals surface area contributed by atoms with Gasteiger partial charge in [-0.2, -0.15) is 0 Å². The van der Waals surface area contributed by atoms with Gasteiger partial charge in [-0.3, -0.25) is 0 Å². The molecule has 0 bridgehead atoms. The third kappa shape index (κ3) is 7.67. The first-order chi connectivity index (χ1) is 9.40. The van der Waals surface area contributed by atoms with Crippen molar-refractivity contribution in [1.82, 2.24) is 10.2 Å². The van der Waals surface area contributed by atoms with Gasteiger partial charge in [0.2, 0.25) is 0 Å². The minimum Gasteiger partial charge on any atom is -0.444 e. The molecule has 1 aliphatic heterocycles. The molecule has 0 atom stereocenters. The number of carbonyl (C=O) groups is 1. The fourth-order valence-corrected chi connectivity index (χ4v) is 2.14. The van der Waals surface area contributed by atoms with Crippen molar-refractivity contribution in [1.29, 1.82) is 0 Å². The number of amides is 1. The Bertz CT molecular complexity index is 283. The van der Waals surface area contributed by atoms with Crippen molar-refractivity contribution in [3.8, 4) is 0 Å². The van der Waals surface area contributed by atoms with Crippen LogP contribution in [0.5, 0.6) is 0 Å². The standard InChI is InChI=1S/C14H28N2O4/c1-14(2,3)20-13(18)15-12-4-6-16(7-5-12)8-10-19-11-9-17/h12,17H,4-11H2,1-3H3,(H,15,18). The van der Waals surface area contributed by atoms with E-state index in [0.717, 1.165) is 32.5 Å². The van der Waals surface area contributed by atoms with Gasteiger partial charge in [0.15, 0.2) is 0 Å². The van der Waals surface area contributed by atoms with Crippen LogP contribution >= 0.6 is 0 Å². The lowest BCUT2D eigenvalue weighted by molar-refractivity contribution is 0.0454. The van der Waals surface area contributed by atoms with Crippen molar-refractivity contribution in [2.45, 2.75) is 45.3 Å². The van der Waals surface area contributed by atoms with Crippen LogP contribution in [-0.2, 0) is 9.47 Å². The molecule has 1 amide bonds. The molecule has 0 aliphatic carbocycles. The first-order valence-electron chi connectivity index (χ1n) is 7.31.